The Morgan fingerprint density at radius 1 is 1.19 bits per heavy atom. The van der Waals surface area contributed by atoms with Crippen LogP contribution in [0.25, 0.3) is 10.1 Å². The maximum Gasteiger partial charge on any atom is 0.272 e. The molecule has 0 unspecified atom stereocenters. The zero-order valence-corrected chi connectivity index (χ0v) is 12.4. The summed E-state index contributed by atoms with van der Waals surface area (Å²) in [5.74, 6) is 0.640. The smallest absolute Gasteiger partial charge is 0.272 e. The predicted octanol–water partition coefficient (Wildman–Crippen LogP) is 3.22. The third kappa shape index (κ3) is 2.52. The molecule has 0 bridgehead atoms. The molecule has 0 aliphatic rings. The Balaban J connectivity index is 2.13. The van der Waals surface area contributed by atoms with E-state index in [0.717, 1.165) is 5.56 Å². The van der Waals surface area contributed by atoms with Gasteiger partial charge in [-0.25, -0.2) is 0 Å². The van der Waals surface area contributed by atoms with E-state index in [2.05, 4.69) is 0 Å². The molecular weight excluding hydrogens is 286 g/mol. The lowest BCUT2D eigenvalue weighted by Gasteiger charge is -2.03. The average molecular weight is 301 g/mol. The lowest BCUT2D eigenvalue weighted by atomic mass is 10.2. The summed E-state index contributed by atoms with van der Waals surface area (Å²) in [7, 11) is 0. The standard InChI is InChI=1S/C16H15NO3S/c1-2-20-13-9-8-12(18)15-14(13)16(19)17(21-15)10-11-6-4-3-5-7-11/h3-9,18H,2,10H2,1H3. The van der Waals surface area contributed by atoms with Crippen molar-refractivity contribution in [3.05, 3.63) is 58.4 Å². The van der Waals surface area contributed by atoms with Crippen LogP contribution in [0.3, 0.4) is 0 Å². The number of phenolic OH excluding ortho intramolecular Hbond substituents is 1. The second-order valence-corrected chi connectivity index (χ2v) is 5.67. The quantitative estimate of drug-likeness (QED) is 0.805. The van der Waals surface area contributed by atoms with E-state index in [1.807, 2.05) is 37.3 Å². The summed E-state index contributed by atoms with van der Waals surface area (Å²) in [6.07, 6.45) is 0. The van der Waals surface area contributed by atoms with Gasteiger partial charge < -0.3 is 9.84 Å². The van der Waals surface area contributed by atoms with Crippen LogP contribution in [0.4, 0.5) is 0 Å². The Labute approximate surface area is 126 Å². The highest BCUT2D eigenvalue weighted by Gasteiger charge is 2.16. The summed E-state index contributed by atoms with van der Waals surface area (Å²) in [6.45, 7) is 2.84. The van der Waals surface area contributed by atoms with Gasteiger partial charge in [-0.1, -0.05) is 41.9 Å². The lowest BCUT2D eigenvalue weighted by molar-refractivity contribution is 0.343. The molecular formula is C16H15NO3S. The Kier molecular flexibility index (Phi) is 3.66. The van der Waals surface area contributed by atoms with Crippen LogP contribution in [0.2, 0.25) is 0 Å². The molecule has 1 heterocycles. The van der Waals surface area contributed by atoms with Gasteiger partial charge in [0.25, 0.3) is 5.56 Å². The molecule has 1 N–H and O–H groups in total. The molecule has 3 aromatic rings. The summed E-state index contributed by atoms with van der Waals surface area (Å²) >= 11 is 1.26. The van der Waals surface area contributed by atoms with Gasteiger partial charge in [0.15, 0.2) is 0 Å². The number of aromatic nitrogens is 1. The number of benzene rings is 2. The molecule has 5 heteroatoms. The average Bonchev–Trinajstić information content (AvgIpc) is 2.82. The number of rotatable bonds is 4. The predicted molar refractivity (Wildman–Crippen MR) is 84.5 cm³/mol. The molecule has 0 aliphatic carbocycles. The maximum absolute atomic E-state index is 12.6. The van der Waals surface area contributed by atoms with Crippen LogP contribution < -0.4 is 10.3 Å². The molecule has 0 aliphatic heterocycles. The molecule has 0 fully saturated rings. The second kappa shape index (κ2) is 5.61. The summed E-state index contributed by atoms with van der Waals surface area (Å²) in [4.78, 5) is 12.6. The summed E-state index contributed by atoms with van der Waals surface area (Å²) in [5.41, 5.74) is 0.918. The van der Waals surface area contributed by atoms with Crippen molar-refractivity contribution in [2.75, 3.05) is 6.61 Å². The van der Waals surface area contributed by atoms with Crippen LogP contribution in [0.15, 0.2) is 47.3 Å². The fraction of sp³-hybridized carbons (Fsp3) is 0.188. The minimum Gasteiger partial charge on any atom is -0.506 e. The first-order valence-electron chi connectivity index (χ1n) is 6.73. The van der Waals surface area contributed by atoms with Crippen molar-refractivity contribution < 1.29 is 9.84 Å². The van der Waals surface area contributed by atoms with E-state index in [1.165, 1.54) is 11.5 Å². The van der Waals surface area contributed by atoms with Crippen LogP contribution in [0.1, 0.15) is 12.5 Å². The third-order valence-corrected chi connectivity index (χ3v) is 4.32. The van der Waals surface area contributed by atoms with Crippen molar-refractivity contribution in [2.45, 2.75) is 13.5 Å². The molecule has 2 aromatic carbocycles. The lowest BCUT2D eigenvalue weighted by Crippen LogP contribution is -2.14. The molecule has 108 valence electrons. The highest BCUT2D eigenvalue weighted by molar-refractivity contribution is 7.14. The molecule has 1 aromatic heterocycles. The molecule has 0 atom stereocenters. The molecule has 0 spiro atoms. The number of hydrogen-bond donors (Lipinski definition) is 1. The fourth-order valence-corrected chi connectivity index (χ4v) is 3.30. The van der Waals surface area contributed by atoms with Crippen molar-refractivity contribution in [3.8, 4) is 11.5 Å². The van der Waals surface area contributed by atoms with Gasteiger partial charge in [0.05, 0.1) is 13.2 Å². The second-order valence-electron chi connectivity index (χ2n) is 4.64. The van der Waals surface area contributed by atoms with Crippen molar-refractivity contribution in [1.82, 2.24) is 3.96 Å². The first kappa shape index (κ1) is 13.7. The SMILES string of the molecule is CCOc1ccc(O)c2sn(Cc3ccccc3)c(=O)c12. The highest BCUT2D eigenvalue weighted by atomic mass is 32.1. The summed E-state index contributed by atoms with van der Waals surface area (Å²) < 4.78 is 7.71. The Hall–Kier alpha value is -2.27. The highest BCUT2D eigenvalue weighted by Crippen LogP contribution is 2.33. The van der Waals surface area contributed by atoms with Crippen molar-refractivity contribution in [3.63, 3.8) is 0 Å². The topological polar surface area (TPSA) is 51.5 Å². The number of hydrogen-bond acceptors (Lipinski definition) is 4. The maximum atomic E-state index is 12.6. The Bertz CT molecular complexity index is 821. The van der Waals surface area contributed by atoms with Crippen molar-refractivity contribution in [2.24, 2.45) is 0 Å². The molecule has 21 heavy (non-hydrogen) atoms. The van der Waals surface area contributed by atoms with Gasteiger partial charge in [-0.3, -0.25) is 8.75 Å². The number of fused-ring (bicyclic) bond motifs is 1. The van der Waals surface area contributed by atoms with E-state index in [9.17, 15) is 9.90 Å². The van der Waals surface area contributed by atoms with E-state index in [1.54, 1.807) is 16.1 Å². The van der Waals surface area contributed by atoms with Gasteiger partial charge in [-0.2, -0.15) is 0 Å². The van der Waals surface area contributed by atoms with Crippen molar-refractivity contribution >= 4 is 21.6 Å². The fourth-order valence-electron chi connectivity index (χ4n) is 2.25. The van der Waals surface area contributed by atoms with E-state index < -0.39 is 0 Å². The Morgan fingerprint density at radius 2 is 1.95 bits per heavy atom. The number of aromatic hydroxyl groups is 1. The zero-order valence-electron chi connectivity index (χ0n) is 11.6. The largest absolute Gasteiger partial charge is 0.506 e. The minimum absolute atomic E-state index is 0.113. The summed E-state index contributed by atoms with van der Waals surface area (Å²) in [5, 5.41) is 10.4. The Morgan fingerprint density at radius 3 is 2.67 bits per heavy atom. The molecule has 3 rings (SSSR count). The van der Waals surface area contributed by atoms with Gasteiger partial charge in [0.1, 0.15) is 21.6 Å². The first-order chi connectivity index (χ1) is 10.2. The summed E-state index contributed by atoms with van der Waals surface area (Å²) in [6, 6.07) is 13.0. The minimum atomic E-state index is -0.127. The molecule has 0 amide bonds. The van der Waals surface area contributed by atoms with E-state index in [4.69, 9.17) is 4.74 Å². The number of ether oxygens (including phenoxy) is 1. The zero-order chi connectivity index (χ0) is 14.8. The third-order valence-electron chi connectivity index (χ3n) is 3.21. The molecule has 0 saturated heterocycles. The number of nitrogens with zero attached hydrogens (tertiary/aromatic N) is 1. The van der Waals surface area contributed by atoms with Crippen LogP contribution in [-0.4, -0.2) is 15.7 Å². The van der Waals surface area contributed by atoms with Gasteiger partial charge in [-0.15, -0.1) is 0 Å². The van der Waals surface area contributed by atoms with Crippen molar-refractivity contribution in [1.29, 1.82) is 0 Å². The van der Waals surface area contributed by atoms with Gasteiger partial charge >= 0.3 is 0 Å². The molecule has 0 radical (unpaired) electrons. The molecule has 4 nitrogen and oxygen atoms in total. The van der Waals surface area contributed by atoms with E-state index in [-0.39, 0.29) is 11.3 Å². The monoisotopic (exact) mass is 301 g/mol. The van der Waals surface area contributed by atoms with Gasteiger partial charge in [0.2, 0.25) is 0 Å². The van der Waals surface area contributed by atoms with Gasteiger partial charge in [0, 0.05) is 0 Å². The van der Waals surface area contributed by atoms with Crippen LogP contribution in [0.5, 0.6) is 11.5 Å². The van der Waals surface area contributed by atoms with Crippen LogP contribution in [-0.2, 0) is 6.54 Å². The van der Waals surface area contributed by atoms with E-state index >= 15 is 0 Å². The van der Waals surface area contributed by atoms with Gasteiger partial charge in [-0.05, 0) is 24.6 Å². The van der Waals surface area contributed by atoms with Crippen LogP contribution >= 0.6 is 11.5 Å². The normalized spacial score (nSPS) is 10.9. The first-order valence-corrected chi connectivity index (χ1v) is 7.50. The number of phenols is 1. The molecule has 0 saturated carbocycles. The van der Waals surface area contributed by atoms with Crippen LogP contribution in [0, 0.1) is 0 Å². The van der Waals surface area contributed by atoms with E-state index in [0.29, 0.717) is 29.0 Å².